The molecule has 0 aliphatic carbocycles. The van der Waals surface area contributed by atoms with Crippen LogP contribution in [0.2, 0.25) is 5.02 Å². The van der Waals surface area contributed by atoms with Crippen LogP contribution in [-0.4, -0.2) is 75.4 Å². The first-order valence-corrected chi connectivity index (χ1v) is 11.2. The molecule has 2 N–H and O–H groups in total. The van der Waals surface area contributed by atoms with Crippen molar-refractivity contribution in [3.8, 4) is 16.9 Å². The maximum atomic E-state index is 14.5. The fourth-order valence-electron chi connectivity index (χ4n) is 4.22. The number of aromatic nitrogens is 1. The van der Waals surface area contributed by atoms with Crippen molar-refractivity contribution in [2.24, 2.45) is 0 Å². The molecule has 0 saturated heterocycles. The van der Waals surface area contributed by atoms with Crippen LogP contribution in [0.25, 0.3) is 22.0 Å². The Balaban J connectivity index is 1.86. The first-order valence-electron chi connectivity index (χ1n) is 10.8. The molecule has 0 spiro atoms. The van der Waals surface area contributed by atoms with Gasteiger partial charge in [-0.1, -0.05) is 17.7 Å². The number of rotatable bonds is 7. The number of nitrogens with one attached hydrogen (secondary N) is 1. The summed E-state index contributed by atoms with van der Waals surface area (Å²) in [6.07, 6.45) is 1.90. The Kier molecular flexibility index (Phi) is 6.69. The van der Waals surface area contributed by atoms with E-state index in [1.165, 1.54) is 18.2 Å². The lowest BCUT2D eigenvalue weighted by Gasteiger charge is -2.40. The summed E-state index contributed by atoms with van der Waals surface area (Å²) in [6, 6.07) is 7.87. The molecule has 2 aromatic carbocycles. The second-order valence-corrected chi connectivity index (χ2v) is 8.76. The van der Waals surface area contributed by atoms with Crippen molar-refractivity contribution in [1.82, 2.24) is 15.2 Å². The van der Waals surface area contributed by atoms with Crippen molar-refractivity contribution in [3.63, 3.8) is 0 Å². The first kappa shape index (κ1) is 22.6. The number of fused-ring (bicyclic) bond motifs is 3. The molecule has 1 aliphatic rings. The van der Waals surface area contributed by atoms with Crippen LogP contribution >= 0.6 is 11.6 Å². The highest BCUT2D eigenvalue weighted by atomic mass is 35.5. The van der Waals surface area contributed by atoms with Gasteiger partial charge in [0.2, 0.25) is 0 Å². The molecule has 0 fully saturated rings. The number of likely N-dealkylation sites (N-methyl/N-ethyl adjacent to an activating group) is 2. The van der Waals surface area contributed by atoms with Crippen LogP contribution in [0.4, 0.5) is 15.8 Å². The Labute approximate surface area is 193 Å². The second-order valence-electron chi connectivity index (χ2n) is 8.36. The number of nitrogens with zero attached hydrogens (tertiary/aromatic N) is 4. The van der Waals surface area contributed by atoms with Gasteiger partial charge in [0, 0.05) is 55.2 Å². The van der Waals surface area contributed by atoms with E-state index in [4.69, 9.17) is 16.6 Å². The van der Waals surface area contributed by atoms with Crippen molar-refractivity contribution in [1.29, 1.82) is 0 Å². The van der Waals surface area contributed by atoms with E-state index in [0.29, 0.717) is 10.6 Å². The minimum Gasteiger partial charge on any atom is -0.507 e. The Morgan fingerprint density at radius 2 is 1.97 bits per heavy atom. The second kappa shape index (κ2) is 9.48. The predicted octanol–water partition coefficient (Wildman–Crippen LogP) is 3.81. The summed E-state index contributed by atoms with van der Waals surface area (Å²) in [5.41, 5.74) is 3.43. The molecule has 0 radical (unpaired) electrons. The summed E-state index contributed by atoms with van der Waals surface area (Å²) in [5.74, 6) is -0.663. The number of aromatic hydroxyl groups is 1. The van der Waals surface area contributed by atoms with Gasteiger partial charge in [0.25, 0.3) is 0 Å². The SMILES string of the molecule is CNCCN1CCN(CCN(C)C)c2cnc3cc(-c4c(O)cccc4F)c(Cl)cc3c21. The van der Waals surface area contributed by atoms with Crippen LogP contribution in [0, 0.1) is 5.82 Å². The zero-order valence-electron chi connectivity index (χ0n) is 18.7. The molecule has 170 valence electrons. The number of hydrogen-bond acceptors (Lipinski definition) is 6. The van der Waals surface area contributed by atoms with Gasteiger partial charge < -0.3 is 25.1 Å². The minimum absolute atomic E-state index is 0.0959. The largest absolute Gasteiger partial charge is 0.507 e. The van der Waals surface area contributed by atoms with Crippen LogP contribution in [-0.2, 0) is 0 Å². The van der Waals surface area contributed by atoms with Crippen LogP contribution in [0.1, 0.15) is 0 Å². The first-order chi connectivity index (χ1) is 15.4. The molecule has 3 aromatic rings. The Bertz CT molecular complexity index is 1100. The van der Waals surface area contributed by atoms with Crippen LogP contribution in [0.3, 0.4) is 0 Å². The van der Waals surface area contributed by atoms with Gasteiger partial charge in [0.1, 0.15) is 11.6 Å². The van der Waals surface area contributed by atoms with E-state index in [1.54, 1.807) is 6.07 Å². The zero-order chi connectivity index (χ0) is 22.8. The Hall–Kier alpha value is -2.61. The van der Waals surface area contributed by atoms with Gasteiger partial charge in [-0.15, -0.1) is 0 Å². The molecular formula is C24H29ClFN5O. The molecule has 6 nitrogen and oxygen atoms in total. The highest BCUT2D eigenvalue weighted by Crippen LogP contribution is 2.43. The third-order valence-electron chi connectivity index (χ3n) is 5.92. The summed E-state index contributed by atoms with van der Waals surface area (Å²) in [4.78, 5) is 11.6. The quantitative estimate of drug-likeness (QED) is 0.562. The molecule has 2 heterocycles. The number of phenols is 1. The normalized spacial score (nSPS) is 13.8. The van der Waals surface area contributed by atoms with Crippen LogP contribution in [0.5, 0.6) is 5.75 Å². The van der Waals surface area contributed by atoms with E-state index in [9.17, 15) is 9.50 Å². The lowest BCUT2D eigenvalue weighted by molar-refractivity contribution is 0.412. The van der Waals surface area contributed by atoms with Crippen molar-refractivity contribution in [3.05, 3.63) is 47.4 Å². The molecule has 0 amide bonds. The average Bonchev–Trinajstić information content (AvgIpc) is 2.76. The van der Waals surface area contributed by atoms with Crippen LogP contribution < -0.4 is 15.1 Å². The molecule has 8 heteroatoms. The molecule has 32 heavy (non-hydrogen) atoms. The summed E-state index contributed by atoms with van der Waals surface area (Å²) >= 11 is 6.66. The predicted molar refractivity (Wildman–Crippen MR) is 131 cm³/mol. The van der Waals surface area contributed by atoms with E-state index < -0.39 is 5.82 Å². The number of phenolic OH excluding ortho intramolecular Hbond substituents is 1. The number of halogens is 2. The standard InChI is InChI=1S/C24H29ClFN5O/c1-27-7-8-31-12-11-30(10-9-29(2)3)21-15-28-20-14-16(18(25)13-17(20)24(21)31)23-19(26)5-4-6-22(23)32/h4-6,13-15,27,32H,7-12H2,1-3H3. The molecule has 0 bridgehead atoms. The Morgan fingerprint density at radius 3 is 2.69 bits per heavy atom. The summed E-state index contributed by atoms with van der Waals surface area (Å²) in [7, 11) is 6.09. The van der Waals surface area contributed by atoms with Crippen molar-refractivity contribution < 1.29 is 9.50 Å². The minimum atomic E-state index is -0.519. The van der Waals surface area contributed by atoms with Gasteiger partial charge in [0.05, 0.1) is 28.7 Å². The monoisotopic (exact) mass is 457 g/mol. The fourth-order valence-corrected chi connectivity index (χ4v) is 4.48. The highest BCUT2D eigenvalue weighted by Gasteiger charge is 2.26. The average molecular weight is 458 g/mol. The van der Waals surface area contributed by atoms with Gasteiger partial charge in [-0.25, -0.2) is 4.39 Å². The van der Waals surface area contributed by atoms with Gasteiger partial charge in [-0.3, -0.25) is 4.98 Å². The lowest BCUT2D eigenvalue weighted by Crippen LogP contribution is -2.45. The molecule has 4 rings (SSSR count). The van der Waals surface area contributed by atoms with Crippen LogP contribution in [0.15, 0.2) is 36.5 Å². The van der Waals surface area contributed by atoms with Crippen molar-refractivity contribution >= 4 is 33.9 Å². The highest BCUT2D eigenvalue weighted by molar-refractivity contribution is 6.34. The van der Waals surface area contributed by atoms with E-state index in [2.05, 4.69) is 34.1 Å². The fraction of sp³-hybridized carbons (Fsp3) is 0.375. The van der Waals surface area contributed by atoms with Gasteiger partial charge >= 0.3 is 0 Å². The van der Waals surface area contributed by atoms with Gasteiger partial charge in [0.15, 0.2) is 0 Å². The van der Waals surface area contributed by atoms with Crippen molar-refractivity contribution in [2.75, 3.05) is 70.2 Å². The number of hydrogen-bond donors (Lipinski definition) is 2. The third-order valence-corrected chi connectivity index (χ3v) is 6.23. The van der Waals surface area contributed by atoms with Gasteiger partial charge in [-0.05, 0) is 45.4 Å². The van der Waals surface area contributed by atoms with E-state index in [-0.39, 0.29) is 11.3 Å². The molecule has 0 atom stereocenters. The van der Waals surface area contributed by atoms with Gasteiger partial charge in [-0.2, -0.15) is 0 Å². The number of pyridine rings is 1. The van der Waals surface area contributed by atoms with E-state index >= 15 is 0 Å². The number of anilines is 2. The molecule has 0 unspecified atom stereocenters. The molecule has 1 aliphatic heterocycles. The zero-order valence-corrected chi connectivity index (χ0v) is 19.5. The molecular weight excluding hydrogens is 429 g/mol. The summed E-state index contributed by atoms with van der Waals surface area (Å²) in [6.45, 7) is 5.39. The summed E-state index contributed by atoms with van der Waals surface area (Å²) < 4.78 is 14.5. The summed E-state index contributed by atoms with van der Waals surface area (Å²) in [5, 5.41) is 14.8. The smallest absolute Gasteiger partial charge is 0.134 e. The molecule has 1 aromatic heterocycles. The third kappa shape index (κ3) is 4.33. The molecule has 0 saturated carbocycles. The Morgan fingerprint density at radius 1 is 1.19 bits per heavy atom. The van der Waals surface area contributed by atoms with E-state index in [0.717, 1.165) is 61.5 Å². The topological polar surface area (TPSA) is 54.9 Å². The number of benzene rings is 2. The maximum Gasteiger partial charge on any atom is 0.134 e. The maximum absolute atomic E-state index is 14.5. The van der Waals surface area contributed by atoms with Crippen molar-refractivity contribution in [2.45, 2.75) is 0 Å². The lowest BCUT2D eigenvalue weighted by atomic mass is 10.00. The van der Waals surface area contributed by atoms with E-state index in [1.807, 2.05) is 19.3 Å².